The number of Topliss-reactive ketones (excluding diaryl/α,β-unsaturated/α-hetero) is 1. The molecule has 10 heteroatoms. The van der Waals surface area contributed by atoms with Crippen molar-refractivity contribution >= 4 is 28.9 Å². The van der Waals surface area contributed by atoms with Crippen LogP contribution in [0.5, 0.6) is 0 Å². The number of fused-ring (bicyclic) bond motifs is 1. The van der Waals surface area contributed by atoms with Gasteiger partial charge in [-0.1, -0.05) is 24.3 Å². The Labute approximate surface area is 230 Å². The van der Waals surface area contributed by atoms with Crippen molar-refractivity contribution in [3.05, 3.63) is 87.6 Å². The molecule has 0 unspecified atom stereocenters. The minimum Gasteiger partial charge on any atom is -0.392 e. The lowest BCUT2D eigenvalue weighted by atomic mass is 9.93. The molecule has 3 heterocycles. The lowest BCUT2D eigenvalue weighted by Crippen LogP contribution is -2.38. The smallest absolute Gasteiger partial charge is 0.293 e. The Kier molecular flexibility index (Phi) is 6.55. The molecule has 0 atom stereocenters. The van der Waals surface area contributed by atoms with Gasteiger partial charge in [0.2, 0.25) is 0 Å². The Hall–Kier alpha value is -4.57. The predicted octanol–water partition coefficient (Wildman–Crippen LogP) is 3.55. The third kappa shape index (κ3) is 4.82. The number of carbonyl (C=O) groups excluding carboxylic acids is 2. The minimum absolute atomic E-state index is 0.0409. The van der Waals surface area contributed by atoms with Gasteiger partial charge < -0.3 is 19.9 Å². The Morgan fingerprint density at radius 1 is 1.12 bits per heavy atom. The summed E-state index contributed by atoms with van der Waals surface area (Å²) in [6.07, 6.45) is 7.92. The average Bonchev–Trinajstić information content (AvgIpc) is 3.71. The van der Waals surface area contributed by atoms with E-state index in [4.69, 9.17) is 0 Å². The molecule has 0 saturated heterocycles. The first kappa shape index (κ1) is 25.7. The quantitative estimate of drug-likeness (QED) is 0.352. The number of aliphatic hydroxyl groups excluding tert-OH is 1. The third-order valence-corrected chi connectivity index (χ3v) is 7.49. The van der Waals surface area contributed by atoms with Gasteiger partial charge in [-0.15, -0.1) is 0 Å². The van der Waals surface area contributed by atoms with E-state index in [9.17, 15) is 19.5 Å². The van der Waals surface area contributed by atoms with Crippen molar-refractivity contribution in [1.82, 2.24) is 19.3 Å². The van der Waals surface area contributed by atoms with Crippen molar-refractivity contribution in [3.8, 4) is 11.3 Å². The van der Waals surface area contributed by atoms with Gasteiger partial charge in [0.1, 0.15) is 0 Å². The van der Waals surface area contributed by atoms with Crippen molar-refractivity contribution in [1.29, 1.82) is 0 Å². The highest BCUT2D eigenvalue weighted by atomic mass is 16.3. The summed E-state index contributed by atoms with van der Waals surface area (Å²) in [7, 11) is 1.63. The van der Waals surface area contributed by atoms with Crippen LogP contribution in [0.1, 0.15) is 52.7 Å². The second kappa shape index (κ2) is 10.2. The second-order valence-electron chi connectivity index (χ2n) is 10.5. The number of carbonyl (C=O) groups is 2. The fourth-order valence-electron chi connectivity index (χ4n) is 5.34. The highest BCUT2D eigenvalue weighted by Crippen LogP contribution is 2.41. The van der Waals surface area contributed by atoms with Crippen molar-refractivity contribution in [2.24, 2.45) is 7.05 Å². The number of nitrogens with zero attached hydrogens (tertiary/aromatic N) is 5. The number of nitrogens with one attached hydrogen (secondary N) is 1. The zero-order chi connectivity index (χ0) is 28.0. The van der Waals surface area contributed by atoms with Crippen LogP contribution >= 0.6 is 0 Å². The Bertz CT molecular complexity index is 1700. The van der Waals surface area contributed by atoms with Crippen LogP contribution in [-0.4, -0.2) is 42.7 Å². The van der Waals surface area contributed by atoms with Crippen LogP contribution in [0.2, 0.25) is 0 Å². The molecule has 1 fully saturated rings. The first-order valence-electron chi connectivity index (χ1n) is 13.4. The van der Waals surface area contributed by atoms with E-state index in [0.29, 0.717) is 46.2 Å². The lowest BCUT2D eigenvalue weighted by molar-refractivity contribution is -0.117. The summed E-state index contributed by atoms with van der Waals surface area (Å²) in [4.78, 5) is 44.2. The summed E-state index contributed by atoms with van der Waals surface area (Å²) < 4.78 is 2.89. The van der Waals surface area contributed by atoms with Gasteiger partial charge in [-0.25, -0.2) is 4.98 Å². The number of hydrogen-bond acceptors (Lipinski definition) is 7. The van der Waals surface area contributed by atoms with Crippen molar-refractivity contribution in [2.75, 3.05) is 16.8 Å². The molecule has 10 nitrogen and oxygen atoms in total. The number of aromatic nitrogens is 4. The van der Waals surface area contributed by atoms with Crippen molar-refractivity contribution in [3.63, 3.8) is 0 Å². The molecule has 4 aromatic rings. The lowest BCUT2D eigenvalue weighted by Gasteiger charge is -2.31. The zero-order valence-corrected chi connectivity index (χ0v) is 22.4. The van der Waals surface area contributed by atoms with E-state index in [-0.39, 0.29) is 36.2 Å². The van der Waals surface area contributed by atoms with Crippen LogP contribution in [0.15, 0.2) is 59.8 Å². The standard InChI is InChI=1S/C30H30N6O4/c1-18(38)14-35-15-22(13-31-35)32-28-30(40)34(2)16-26(33-28)24-4-3-5-27(25(24)17-37)36-11-10-21-12-20(19-6-7-19)8-9-23(21)29(36)39/h3-5,8-9,12-13,15-16,19,37H,6-7,10-11,14,17H2,1-2H3,(H,32,33). The summed E-state index contributed by atoms with van der Waals surface area (Å²) in [6.45, 7) is 1.80. The zero-order valence-electron chi connectivity index (χ0n) is 22.4. The van der Waals surface area contributed by atoms with Gasteiger partial charge in [-0.05, 0) is 55.4 Å². The van der Waals surface area contributed by atoms with Gasteiger partial charge in [0.25, 0.3) is 11.5 Å². The van der Waals surface area contributed by atoms with Gasteiger partial charge in [0.15, 0.2) is 11.6 Å². The highest BCUT2D eigenvalue weighted by molar-refractivity contribution is 6.09. The SMILES string of the molecule is CC(=O)Cn1cc(Nc2nc(-c3cccc(N4CCc5cc(C6CC6)ccc5C4=O)c3CO)cn(C)c2=O)cn1. The molecule has 2 aromatic heterocycles. The molecule has 6 rings (SSSR count). The second-order valence-corrected chi connectivity index (χ2v) is 10.5. The Balaban J connectivity index is 1.34. The van der Waals surface area contributed by atoms with E-state index in [1.165, 1.54) is 40.8 Å². The van der Waals surface area contributed by atoms with Crippen LogP contribution in [0.4, 0.5) is 17.2 Å². The highest BCUT2D eigenvalue weighted by Gasteiger charge is 2.30. The molecule has 1 amide bonds. The fraction of sp³-hybridized carbons (Fsp3) is 0.300. The number of hydrogen-bond donors (Lipinski definition) is 2. The molecule has 0 radical (unpaired) electrons. The number of aryl methyl sites for hydroxylation is 1. The van der Waals surface area contributed by atoms with Gasteiger partial charge in [0, 0.05) is 42.7 Å². The number of amides is 1. The number of benzene rings is 2. The van der Waals surface area contributed by atoms with Gasteiger partial charge in [-0.2, -0.15) is 5.10 Å². The Morgan fingerprint density at radius 2 is 1.95 bits per heavy atom. The van der Waals surface area contributed by atoms with E-state index >= 15 is 0 Å². The van der Waals surface area contributed by atoms with Crippen LogP contribution in [0.3, 0.4) is 0 Å². The van der Waals surface area contributed by atoms with Gasteiger partial charge in [-0.3, -0.25) is 19.1 Å². The molecular formula is C30H30N6O4. The molecule has 0 bridgehead atoms. The monoisotopic (exact) mass is 538 g/mol. The first-order valence-corrected chi connectivity index (χ1v) is 13.4. The maximum atomic E-state index is 13.6. The molecule has 2 N–H and O–H groups in total. The summed E-state index contributed by atoms with van der Waals surface area (Å²) in [5, 5.41) is 17.6. The maximum Gasteiger partial charge on any atom is 0.293 e. The van der Waals surface area contributed by atoms with E-state index in [2.05, 4.69) is 27.5 Å². The number of rotatable bonds is 8. The summed E-state index contributed by atoms with van der Waals surface area (Å²) in [5.74, 6) is 0.572. The van der Waals surface area contributed by atoms with Gasteiger partial charge in [0.05, 0.1) is 36.4 Å². The average molecular weight is 539 g/mol. The van der Waals surface area contributed by atoms with E-state index < -0.39 is 0 Å². The van der Waals surface area contributed by atoms with Crippen molar-refractivity contribution in [2.45, 2.75) is 45.3 Å². The molecule has 204 valence electrons. The first-order chi connectivity index (χ1) is 19.3. The minimum atomic E-state index is -0.349. The van der Waals surface area contributed by atoms with E-state index in [0.717, 1.165) is 12.0 Å². The fourth-order valence-corrected chi connectivity index (χ4v) is 5.34. The third-order valence-electron chi connectivity index (χ3n) is 7.49. The molecule has 0 spiro atoms. The Morgan fingerprint density at radius 3 is 2.70 bits per heavy atom. The van der Waals surface area contributed by atoms with Crippen LogP contribution in [0.25, 0.3) is 11.3 Å². The van der Waals surface area contributed by atoms with Crippen LogP contribution in [-0.2, 0) is 31.4 Å². The largest absolute Gasteiger partial charge is 0.392 e. The van der Waals surface area contributed by atoms with Crippen LogP contribution in [0, 0.1) is 0 Å². The van der Waals surface area contributed by atoms with Crippen LogP contribution < -0.4 is 15.8 Å². The maximum absolute atomic E-state index is 13.6. The van der Waals surface area contributed by atoms with E-state index in [1.807, 2.05) is 24.3 Å². The summed E-state index contributed by atoms with van der Waals surface area (Å²) in [6, 6.07) is 11.7. The molecule has 2 aliphatic rings. The van der Waals surface area contributed by atoms with E-state index in [1.54, 1.807) is 24.3 Å². The normalized spacial score (nSPS) is 14.8. The molecule has 1 aliphatic heterocycles. The molecule has 2 aromatic carbocycles. The molecule has 40 heavy (non-hydrogen) atoms. The topological polar surface area (TPSA) is 122 Å². The summed E-state index contributed by atoms with van der Waals surface area (Å²) >= 11 is 0. The molecule has 1 saturated carbocycles. The molecular weight excluding hydrogens is 508 g/mol. The predicted molar refractivity (Wildman–Crippen MR) is 151 cm³/mol. The number of ketones is 1. The molecule has 1 aliphatic carbocycles. The number of aliphatic hydroxyl groups is 1. The van der Waals surface area contributed by atoms with Crippen molar-refractivity contribution < 1.29 is 14.7 Å². The van der Waals surface area contributed by atoms with Gasteiger partial charge >= 0.3 is 0 Å². The summed E-state index contributed by atoms with van der Waals surface area (Å²) in [5.41, 5.74) is 5.52. The number of anilines is 3.